The minimum atomic E-state index is 0.0736. The van der Waals surface area contributed by atoms with Crippen LogP contribution in [0.5, 0.6) is 5.75 Å². The zero-order chi connectivity index (χ0) is 16.2. The van der Waals surface area contributed by atoms with Crippen LogP contribution in [0.25, 0.3) is 6.08 Å². The van der Waals surface area contributed by atoms with Crippen LogP contribution < -0.4 is 4.74 Å². The number of thiophene rings is 1. The van der Waals surface area contributed by atoms with Crippen molar-refractivity contribution in [2.75, 3.05) is 7.11 Å². The van der Waals surface area contributed by atoms with E-state index in [1.165, 1.54) is 4.88 Å². The molecule has 0 bridgehead atoms. The average Bonchev–Trinajstić information content (AvgIpc) is 3.26. The number of carbonyl (C=O) groups is 1. The van der Waals surface area contributed by atoms with Crippen LogP contribution in [0.3, 0.4) is 0 Å². The van der Waals surface area contributed by atoms with Crippen molar-refractivity contribution in [2.45, 2.75) is 32.4 Å². The van der Waals surface area contributed by atoms with E-state index in [0.717, 1.165) is 29.7 Å². The molecule has 3 nitrogen and oxygen atoms in total. The lowest BCUT2D eigenvalue weighted by molar-refractivity contribution is -0.127. The predicted molar refractivity (Wildman–Crippen MR) is 94.7 cm³/mol. The fraction of sp³-hybridized carbons (Fsp3) is 0.316. The molecule has 0 unspecified atom stereocenters. The molecule has 0 saturated heterocycles. The lowest BCUT2D eigenvalue weighted by atomic mass is 10.1. The van der Waals surface area contributed by atoms with Crippen molar-refractivity contribution >= 4 is 23.3 Å². The van der Waals surface area contributed by atoms with E-state index in [2.05, 4.69) is 11.4 Å². The van der Waals surface area contributed by atoms with Gasteiger partial charge in [0.25, 0.3) is 0 Å². The normalized spacial score (nSPS) is 14.2. The minimum absolute atomic E-state index is 0.0736. The van der Waals surface area contributed by atoms with Crippen LogP contribution >= 0.6 is 11.3 Å². The largest absolute Gasteiger partial charge is 0.496 e. The fourth-order valence-electron chi connectivity index (χ4n) is 2.58. The van der Waals surface area contributed by atoms with Gasteiger partial charge >= 0.3 is 0 Å². The van der Waals surface area contributed by atoms with Gasteiger partial charge in [-0.3, -0.25) is 4.79 Å². The molecule has 0 N–H and O–H groups in total. The first-order valence-electron chi connectivity index (χ1n) is 7.83. The van der Waals surface area contributed by atoms with Crippen molar-refractivity contribution in [3.05, 3.63) is 57.8 Å². The quantitative estimate of drug-likeness (QED) is 0.742. The Balaban J connectivity index is 1.75. The summed E-state index contributed by atoms with van der Waals surface area (Å²) < 4.78 is 5.36. The summed E-state index contributed by atoms with van der Waals surface area (Å²) in [7, 11) is 1.65. The number of methoxy groups -OCH3 is 1. The van der Waals surface area contributed by atoms with Crippen molar-refractivity contribution in [1.29, 1.82) is 0 Å². The van der Waals surface area contributed by atoms with Crippen LogP contribution in [0.1, 0.15) is 28.8 Å². The molecule has 0 spiro atoms. The van der Waals surface area contributed by atoms with Crippen molar-refractivity contribution < 1.29 is 9.53 Å². The SMILES string of the molecule is COc1ccc(C)cc1/C=C/C(=O)N(Cc1cccs1)C1CC1. The number of nitrogens with zero attached hydrogens (tertiary/aromatic N) is 1. The van der Waals surface area contributed by atoms with Crippen LogP contribution in [0.15, 0.2) is 41.8 Å². The summed E-state index contributed by atoms with van der Waals surface area (Å²) in [5.74, 6) is 0.861. The molecule has 120 valence electrons. The Kier molecular flexibility index (Phi) is 4.82. The first-order chi connectivity index (χ1) is 11.2. The average molecular weight is 327 g/mol. The van der Waals surface area contributed by atoms with E-state index < -0.39 is 0 Å². The molecule has 23 heavy (non-hydrogen) atoms. The summed E-state index contributed by atoms with van der Waals surface area (Å²) in [6, 6.07) is 10.5. The fourth-order valence-corrected chi connectivity index (χ4v) is 3.29. The third-order valence-corrected chi connectivity index (χ3v) is 4.83. The monoisotopic (exact) mass is 327 g/mol. The van der Waals surface area contributed by atoms with Gasteiger partial charge in [0.05, 0.1) is 13.7 Å². The molecule has 1 amide bonds. The van der Waals surface area contributed by atoms with Crippen LogP contribution in [0, 0.1) is 6.92 Å². The molecule has 0 aliphatic heterocycles. The van der Waals surface area contributed by atoms with Crippen molar-refractivity contribution in [2.24, 2.45) is 0 Å². The maximum absolute atomic E-state index is 12.6. The van der Waals surface area contributed by atoms with Gasteiger partial charge in [0, 0.05) is 22.6 Å². The number of hydrogen-bond acceptors (Lipinski definition) is 3. The molecule has 3 rings (SSSR count). The summed E-state index contributed by atoms with van der Waals surface area (Å²) >= 11 is 1.70. The van der Waals surface area contributed by atoms with Gasteiger partial charge in [-0.15, -0.1) is 11.3 Å². The Hall–Kier alpha value is -2.07. The van der Waals surface area contributed by atoms with Crippen LogP contribution in [-0.4, -0.2) is 24.0 Å². The van der Waals surface area contributed by atoms with E-state index in [9.17, 15) is 4.79 Å². The number of rotatable bonds is 6. The van der Waals surface area contributed by atoms with Gasteiger partial charge in [0.2, 0.25) is 5.91 Å². The second-order valence-corrected chi connectivity index (χ2v) is 6.89. The van der Waals surface area contributed by atoms with Crippen molar-refractivity contribution in [3.63, 3.8) is 0 Å². The Morgan fingerprint density at radius 2 is 2.22 bits per heavy atom. The molecule has 1 aromatic heterocycles. The molecule has 4 heteroatoms. The number of carbonyl (C=O) groups excluding carboxylic acids is 1. The highest BCUT2D eigenvalue weighted by Crippen LogP contribution is 2.30. The third kappa shape index (κ3) is 4.02. The van der Waals surface area contributed by atoms with E-state index in [1.807, 2.05) is 42.2 Å². The summed E-state index contributed by atoms with van der Waals surface area (Å²) in [6.45, 7) is 2.74. The first kappa shape index (κ1) is 15.8. The lowest BCUT2D eigenvalue weighted by Gasteiger charge is -2.20. The maximum atomic E-state index is 12.6. The summed E-state index contributed by atoms with van der Waals surface area (Å²) in [5.41, 5.74) is 2.09. The van der Waals surface area contributed by atoms with E-state index in [-0.39, 0.29) is 5.91 Å². The van der Waals surface area contributed by atoms with Crippen LogP contribution in [0.4, 0.5) is 0 Å². The Labute approximate surface area is 141 Å². The molecule has 0 atom stereocenters. The number of hydrogen-bond donors (Lipinski definition) is 0. The van der Waals surface area contributed by atoms with Gasteiger partial charge in [-0.2, -0.15) is 0 Å². The highest BCUT2D eigenvalue weighted by molar-refractivity contribution is 7.09. The van der Waals surface area contributed by atoms with E-state index in [1.54, 1.807) is 24.5 Å². The zero-order valence-electron chi connectivity index (χ0n) is 13.5. The molecule has 1 aliphatic rings. The number of amides is 1. The van der Waals surface area contributed by atoms with Crippen LogP contribution in [0.2, 0.25) is 0 Å². The van der Waals surface area contributed by atoms with Gasteiger partial charge in [-0.1, -0.05) is 17.7 Å². The second-order valence-electron chi connectivity index (χ2n) is 5.86. The van der Waals surface area contributed by atoms with Gasteiger partial charge in [0.15, 0.2) is 0 Å². The number of ether oxygens (including phenoxy) is 1. The zero-order valence-corrected chi connectivity index (χ0v) is 14.3. The van der Waals surface area contributed by atoms with Crippen molar-refractivity contribution in [1.82, 2.24) is 4.90 Å². The molecule has 1 fully saturated rings. The Morgan fingerprint density at radius 1 is 1.39 bits per heavy atom. The molecular formula is C19H21NO2S. The van der Waals surface area contributed by atoms with Gasteiger partial charge in [-0.05, 0) is 49.4 Å². The topological polar surface area (TPSA) is 29.5 Å². The maximum Gasteiger partial charge on any atom is 0.247 e. The number of aryl methyl sites for hydroxylation is 1. The molecular weight excluding hydrogens is 306 g/mol. The molecule has 0 radical (unpaired) electrons. The Bertz CT molecular complexity index is 702. The lowest BCUT2D eigenvalue weighted by Crippen LogP contribution is -2.30. The van der Waals surface area contributed by atoms with E-state index in [0.29, 0.717) is 12.6 Å². The highest BCUT2D eigenvalue weighted by Gasteiger charge is 2.31. The summed E-state index contributed by atoms with van der Waals surface area (Å²) in [5, 5.41) is 2.05. The minimum Gasteiger partial charge on any atom is -0.496 e. The van der Waals surface area contributed by atoms with E-state index >= 15 is 0 Å². The third-order valence-electron chi connectivity index (χ3n) is 3.97. The summed E-state index contributed by atoms with van der Waals surface area (Å²) in [4.78, 5) is 15.8. The van der Waals surface area contributed by atoms with Crippen LogP contribution in [-0.2, 0) is 11.3 Å². The van der Waals surface area contributed by atoms with Crippen molar-refractivity contribution in [3.8, 4) is 5.75 Å². The molecule has 2 aromatic rings. The molecule has 1 aromatic carbocycles. The van der Waals surface area contributed by atoms with Gasteiger partial charge in [-0.25, -0.2) is 0 Å². The van der Waals surface area contributed by atoms with E-state index in [4.69, 9.17) is 4.74 Å². The predicted octanol–water partition coefficient (Wildman–Crippen LogP) is 4.27. The second kappa shape index (κ2) is 7.01. The van der Waals surface area contributed by atoms with Gasteiger partial charge in [0.1, 0.15) is 5.75 Å². The Morgan fingerprint density at radius 3 is 2.87 bits per heavy atom. The summed E-state index contributed by atoms with van der Waals surface area (Å²) in [6.07, 6.45) is 5.75. The van der Waals surface area contributed by atoms with Gasteiger partial charge < -0.3 is 9.64 Å². The molecule has 1 aliphatic carbocycles. The first-order valence-corrected chi connectivity index (χ1v) is 8.71. The molecule has 1 saturated carbocycles. The standard InChI is InChI=1S/C19H21NO2S/c1-14-5-9-18(22-2)15(12-14)6-10-19(21)20(16-7-8-16)13-17-4-3-11-23-17/h3-6,9-12,16H,7-8,13H2,1-2H3/b10-6+. The number of benzene rings is 1. The smallest absolute Gasteiger partial charge is 0.247 e. The highest BCUT2D eigenvalue weighted by atomic mass is 32.1. The molecule has 1 heterocycles.